The first kappa shape index (κ1) is 14.7. The predicted octanol–water partition coefficient (Wildman–Crippen LogP) is 3.54. The number of rotatable bonds is 4. The van der Waals surface area contributed by atoms with Crippen molar-refractivity contribution in [3.05, 3.63) is 27.1 Å². The fourth-order valence-electron chi connectivity index (χ4n) is 1.39. The monoisotopic (exact) mass is 362 g/mol. The Balaban J connectivity index is 2.84. The van der Waals surface area contributed by atoms with E-state index in [1.165, 1.54) is 0 Å². The van der Waals surface area contributed by atoms with Crippen LogP contribution >= 0.6 is 31.9 Å². The molecule has 3 nitrogen and oxygen atoms in total. The van der Waals surface area contributed by atoms with Gasteiger partial charge in [0.15, 0.2) is 0 Å². The van der Waals surface area contributed by atoms with Crippen LogP contribution in [0.15, 0.2) is 27.1 Å². The topological polar surface area (TPSA) is 41.1 Å². The summed E-state index contributed by atoms with van der Waals surface area (Å²) in [7, 11) is 0. The van der Waals surface area contributed by atoms with Gasteiger partial charge in [-0.3, -0.25) is 4.79 Å². The van der Waals surface area contributed by atoms with E-state index in [2.05, 4.69) is 42.5 Å². The fraction of sp³-hybridized carbons (Fsp3) is 0.417. The molecule has 2 N–H and O–H groups in total. The zero-order chi connectivity index (χ0) is 13.1. The number of hydrogen-bond acceptors (Lipinski definition) is 2. The molecule has 5 heteroatoms. The zero-order valence-corrected chi connectivity index (χ0v) is 13.3. The Morgan fingerprint density at radius 2 is 2.00 bits per heavy atom. The molecule has 0 aliphatic carbocycles. The zero-order valence-electron chi connectivity index (χ0n) is 10.1. The number of anilines is 1. The van der Waals surface area contributed by atoms with E-state index < -0.39 is 5.54 Å². The average Bonchev–Trinajstić information content (AvgIpc) is 2.23. The number of nitrogens with one attached hydrogen (secondary N) is 2. The molecule has 1 amide bonds. The lowest BCUT2D eigenvalue weighted by Gasteiger charge is -2.24. The van der Waals surface area contributed by atoms with E-state index in [1.807, 2.05) is 39.0 Å². The molecule has 0 spiro atoms. The maximum absolute atomic E-state index is 12.1. The van der Waals surface area contributed by atoms with Crippen LogP contribution in [0, 0.1) is 0 Å². The van der Waals surface area contributed by atoms with Crippen LogP contribution in [0.5, 0.6) is 0 Å². The van der Waals surface area contributed by atoms with E-state index in [1.54, 1.807) is 0 Å². The van der Waals surface area contributed by atoms with Gasteiger partial charge in [-0.05, 0) is 54.5 Å². The van der Waals surface area contributed by atoms with Crippen molar-refractivity contribution in [2.24, 2.45) is 0 Å². The number of carbonyl (C=O) groups is 1. The van der Waals surface area contributed by atoms with Crippen molar-refractivity contribution in [1.82, 2.24) is 5.32 Å². The molecule has 94 valence electrons. The summed E-state index contributed by atoms with van der Waals surface area (Å²) in [6, 6.07) is 5.67. The van der Waals surface area contributed by atoms with E-state index in [-0.39, 0.29) is 5.91 Å². The first-order chi connectivity index (χ1) is 7.86. The molecule has 0 bridgehead atoms. The van der Waals surface area contributed by atoms with Gasteiger partial charge in [-0.25, -0.2) is 0 Å². The molecule has 1 aromatic rings. The summed E-state index contributed by atoms with van der Waals surface area (Å²) < 4.78 is 1.79. The van der Waals surface area contributed by atoms with Crippen LogP contribution in [0.2, 0.25) is 0 Å². The standard InChI is InChI=1S/C12H16Br2N2O/c1-4-15-12(2,3)11(17)16-10-7-8(13)5-6-9(10)14/h5-7,15H,4H2,1-3H3,(H,16,17). The SMILES string of the molecule is CCNC(C)(C)C(=O)Nc1cc(Br)ccc1Br. The molecule has 0 saturated carbocycles. The highest BCUT2D eigenvalue weighted by molar-refractivity contribution is 9.11. The molecule has 0 unspecified atom stereocenters. The van der Waals surface area contributed by atoms with Crippen molar-refractivity contribution in [1.29, 1.82) is 0 Å². The first-order valence-corrected chi connectivity index (χ1v) is 6.97. The first-order valence-electron chi connectivity index (χ1n) is 5.38. The minimum Gasteiger partial charge on any atom is -0.323 e. The van der Waals surface area contributed by atoms with Crippen LogP contribution in [-0.2, 0) is 4.79 Å². The summed E-state index contributed by atoms with van der Waals surface area (Å²) >= 11 is 6.79. The van der Waals surface area contributed by atoms with E-state index in [9.17, 15) is 4.79 Å². The lowest BCUT2D eigenvalue weighted by atomic mass is 10.0. The van der Waals surface area contributed by atoms with Crippen molar-refractivity contribution in [2.45, 2.75) is 26.3 Å². The van der Waals surface area contributed by atoms with Gasteiger partial charge < -0.3 is 10.6 Å². The van der Waals surface area contributed by atoms with Crippen LogP contribution in [0.3, 0.4) is 0 Å². The number of halogens is 2. The maximum atomic E-state index is 12.1. The third-order valence-corrected chi connectivity index (χ3v) is 3.55. The quantitative estimate of drug-likeness (QED) is 0.858. The van der Waals surface area contributed by atoms with E-state index in [0.29, 0.717) is 0 Å². The molecule has 0 radical (unpaired) electrons. The summed E-state index contributed by atoms with van der Waals surface area (Å²) in [6.45, 7) is 6.44. The lowest BCUT2D eigenvalue weighted by Crippen LogP contribution is -2.49. The maximum Gasteiger partial charge on any atom is 0.244 e. The highest BCUT2D eigenvalue weighted by atomic mass is 79.9. The third kappa shape index (κ3) is 4.08. The molecule has 0 fully saturated rings. The second kappa shape index (κ2) is 5.98. The van der Waals surface area contributed by atoms with Gasteiger partial charge in [0, 0.05) is 8.95 Å². The van der Waals surface area contributed by atoms with Crippen LogP contribution in [0.4, 0.5) is 5.69 Å². The van der Waals surface area contributed by atoms with Gasteiger partial charge in [-0.15, -0.1) is 0 Å². The average molecular weight is 364 g/mol. The molecule has 0 atom stereocenters. The number of benzene rings is 1. The largest absolute Gasteiger partial charge is 0.323 e. The minimum atomic E-state index is -0.587. The molecule has 1 rings (SSSR count). The Bertz CT molecular complexity index is 419. The molecular weight excluding hydrogens is 348 g/mol. The second-order valence-electron chi connectivity index (χ2n) is 4.23. The van der Waals surface area contributed by atoms with Crippen LogP contribution in [-0.4, -0.2) is 18.0 Å². The molecule has 0 heterocycles. The van der Waals surface area contributed by atoms with Gasteiger partial charge in [0.25, 0.3) is 0 Å². The molecule has 0 saturated heterocycles. The normalized spacial score (nSPS) is 11.4. The Morgan fingerprint density at radius 1 is 1.35 bits per heavy atom. The van der Waals surface area contributed by atoms with Crippen molar-refractivity contribution >= 4 is 43.5 Å². The van der Waals surface area contributed by atoms with Crippen molar-refractivity contribution in [3.8, 4) is 0 Å². The van der Waals surface area contributed by atoms with E-state index >= 15 is 0 Å². The summed E-state index contributed by atoms with van der Waals surface area (Å²) in [4.78, 5) is 12.1. The molecular formula is C12H16Br2N2O. The smallest absolute Gasteiger partial charge is 0.244 e. The highest BCUT2D eigenvalue weighted by Crippen LogP contribution is 2.26. The van der Waals surface area contributed by atoms with Gasteiger partial charge in [-0.2, -0.15) is 0 Å². The Kier molecular flexibility index (Phi) is 5.16. The fourth-order valence-corrected chi connectivity index (χ4v) is 2.10. The van der Waals surface area contributed by atoms with Gasteiger partial charge in [-0.1, -0.05) is 22.9 Å². The van der Waals surface area contributed by atoms with E-state index in [4.69, 9.17) is 0 Å². The van der Waals surface area contributed by atoms with Gasteiger partial charge in [0.2, 0.25) is 5.91 Å². The highest BCUT2D eigenvalue weighted by Gasteiger charge is 2.26. The third-order valence-electron chi connectivity index (χ3n) is 2.36. The number of likely N-dealkylation sites (N-methyl/N-ethyl adjacent to an activating group) is 1. The van der Waals surface area contributed by atoms with Crippen LogP contribution in [0.25, 0.3) is 0 Å². The van der Waals surface area contributed by atoms with Gasteiger partial charge in [0.05, 0.1) is 11.2 Å². The predicted molar refractivity (Wildman–Crippen MR) is 78.2 cm³/mol. The Labute approximate surface area is 119 Å². The summed E-state index contributed by atoms with van der Waals surface area (Å²) in [5, 5.41) is 6.03. The lowest BCUT2D eigenvalue weighted by molar-refractivity contribution is -0.121. The molecule has 0 aromatic heterocycles. The number of carbonyl (C=O) groups excluding carboxylic acids is 1. The van der Waals surface area contributed by atoms with Crippen LogP contribution in [0.1, 0.15) is 20.8 Å². The second-order valence-corrected chi connectivity index (χ2v) is 6.00. The van der Waals surface area contributed by atoms with Gasteiger partial charge >= 0.3 is 0 Å². The summed E-state index contributed by atoms with van der Waals surface area (Å²) in [5.41, 5.74) is 0.173. The molecule has 0 aliphatic heterocycles. The van der Waals surface area contributed by atoms with Crippen molar-refractivity contribution in [2.75, 3.05) is 11.9 Å². The number of hydrogen-bond donors (Lipinski definition) is 2. The molecule has 0 aliphatic rings. The summed E-state index contributed by atoms with van der Waals surface area (Å²) in [6.07, 6.45) is 0. The molecule has 1 aromatic carbocycles. The van der Waals surface area contributed by atoms with E-state index in [0.717, 1.165) is 21.2 Å². The minimum absolute atomic E-state index is 0.0573. The Hall–Kier alpha value is -0.390. The number of amides is 1. The summed E-state index contributed by atoms with van der Waals surface area (Å²) in [5.74, 6) is -0.0573. The Morgan fingerprint density at radius 3 is 2.59 bits per heavy atom. The van der Waals surface area contributed by atoms with Gasteiger partial charge in [0.1, 0.15) is 0 Å². The van der Waals surface area contributed by atoms with Crippen molar-refractivity contribution in [3.63, 3.8) is 0 Å². The van der Waals surface area contributed by atoms with Crippen molar-refractivity contribution < 1.29 is 4.79 Å². The molecule has 17 heavy (non-hydrogen) atoms. The van der Waals surface area contributed by atoms with Crippen LogP contribution < -0.4 is 10.6 Å².